The van der Waals surface area contributed by atoms with Crippen LogP contribution in [0.5, 0.6) is 0 Å². The van der Waals surface area contributed by atoms with Gasteiger partial charge in [0.25, 0.3) is 0 Å². The molecule has 0 saturated carbocycles. The zero-order valence-corrected chi connectivity index (χ0v) is 13.4. The molecule has 0 nitrogen and oxygen atoms in total. The van der Waals surface area contributed by atoms with Crippen molar-refractivity contribution in [3.63, 3.8) is 0 Å². The molecule has 0 saturated heterocycles. The van der Waals surface area contributed by atoms with Crippen molar-refractivity contribution in [2.75, 3.05) is 0 Å². The summed E-state index contributed by atoms with van der Waals surface area (Å²) >= 11 is -1.75. The number of rotatable bonds is 4. The topological polar surface area (TPSA) is 0 Å². The van der Waals surface area contributed by atoms with E-state index in [1.165, 1.54) is 25.7 Å². The summed E-state index contributed by atoms with van der Waals surface area (Å²) in [7, 11) is 0. The molecule has 0 amide bonds. The Balaban J connectivity index is 3.31. The Labute approximate surface area is 98.2 Å². The molecule has 0 aliphatic carbocycles. The van der Waals surface area contributed by atoms with E-state index < -0.39 is 13.3 Å². The van der Waals surface area contributed by atoms with Crippen molar-refractivity contribution < 1.29 is 0 Å². The van der Waals surface area contributed by atoms with E-state index in [9.17, 15) is 0 Å². The molecule has 1 aliphatic rings. The Kier molecular flexibility index (Phi) is 4.28. The molecule has 15 heavy (non-hydrogen) atoms. The van der Waals surface area contributed by atoms with Crippen molar-refractivity contribution >= 4 is 13.3 Å². The van der Waals surface area contributed by atoms with E-state index in [0.717, 1.165) is 0 Å². The molecule has 1 aliphatic heterocycles. The van der Waals surface area contributed by atoms with Crippen LogP contribution in [-0.4, -0.2) is 13.3 Å². The molecule has 0 bridgehead atoms. The fourth-order valence-corrected chi connectivity index (χ4v) is 12.5. The first-order valence-corrected chi connectivity index (χ1v) is 12.8. The maximum atomic E-state index is 2.59. The normalized spacial score (nSPS) is 20.4. The monoisotopic (exact) mass is 268 g/mol. The number of hydrogen-bond donors (Lipinski definition) is 0. The molecule has 0 aromatic heterocycles. The zero-order chi connectivity index (χ0) is 11.6. The number of allylic oxidation sites excluding steroid dienone is 4. The van der Waals surface area contributed by atoms with Crippen LogP contribution in [0.4, 0.5) is 0 Å². The fourth-order valence-electron chi connectivity index (χ4n) is 3.47. The summed E-state index contributed by atoms with van der Waals surface area (Å²) in [5, 5.41) is 0. The summed E-state index contributed by atoms with van der Waals surface area (Å²) in [6.45, 7) is 9.36. The van der Waals surface area contributed by atoms with Gasteiger partial charge in [0, 0.05) is 0 Å². The molecule has 0 fully saturated rings. The van der Waals surface area contributed by atoms with Crippen molar-refractivity contribution in [3.05, 3.63) is 20.0 Å². The van der Waals surface area contributed by atoms with E-state index in [1.54, 1.807) is 11.1 Å². The second kappa shape index (κ2) is 4.90. The molecule has 0 radical (unpaired) electrons. The van der Waals surface area contributed by atoms with Crippen LogP contribution in [-0.2, 0) is 0 Å². The Hall–Kier alpha value is 0.0229. The van der Waals surface area contributed by atoms with Crippen LogP contribution in [0.15, 0.2) is 20.0 Å². The molecule has 0 unspecified atom stereocenters. The molecule has 1 rings (SSSR count). The Morgan fingerprint density at radius 1 is 0.667 bits per heavy atom. The van der Waals surface area contributed by atoms with Crippen molar-refractivity contribution in [1.29, 1.82) is 0 Å². The van der Waals surface area contributed by atoms with Crippen LogP contribution in [0.1, 0.15) is 53.4 Å². The van der Waals surface area contributed by atoms with Crippen LogP contribution in [0, 0.1) is 0 Å². The van der Waals surface area contributed by atoms with Crippen molar-refractivity contribution in [3.8, 4) is 0 Å². The van der Waals surface area contributed by atoms with E-state index in [4.69, 9.17) is 0 Å². The van der Waals surface area contributed by atoms with Gasteiger partial charge in [-0.2, -0.15) is 0 Å². The number of hydrogen-bond acceptors (Lipinski definition) is 0. The first kappa shape index (κ1) is 13.1. The van der Waals surface area contributed by atoms with Crippen molar-refractivity contribution in [2.24, 2.45) is 0 Å². The SMILES string of the molecule is CCC1=[C](CC)[Ge]([CH3])([CH3])[C](CC)=C1CC. The van der Waals surface area contributed by atoms with Crippen LogP contribution >= 0.6 is 0 Å². The minimum absolute atomic E-state index is 1.25. The van der Waals surface area contributed by atoms with E-state index in [-0.39, 0.29) is 0 Å². The molecule has 0 spiro atoms. The quantitative estimate of drug-likeness (QED) is 0.627. The Morgan fingerprint density at radius 3 is 1.20 bits per heavy atom. The summed E-state index contributed by atoms with van der Waals surface area (Å²) in [5.41, 5.74) is 3.50. The van der Waals surface area contributed by atoms with Gasteiger partial charge >= 0.3 is 98.1 Å². The van der Waals surface area contributed by atoms with Gasteiger partial charge in [0.15, 0.2) is 0 Å². The van der Waals surface area contributed by atoms with E-state index in [1.807, 2.05) is 8.81 Å². The maximum absolute atomic E-state index is 2.59. The van der Waals surface area contributed by atoms with Gasteiger partial charge in [-0.25, -0.2) is 0 Å². The van der Waals surface area contributed by atoms with Crippen molar-refractivity contribution in [1.82, 2.24) is 0 Å². The van der Waals surface area contributed by atoms with Gasteiger partial charge in [-0.15, -0.1) is 0 Å². The van der Waals surface area contributed by atoms with Gasteiger partial charge in [-0.3, -0.25) is 0 Å². The first-order chi connectivity index (χ1) is 7.04. The van der Waals surface area contributed by atoms with Crippen LogP contribution in [0.2, 0.25) is 11.5 Å². The molecule has 0 atom stereocenters. The second-order valence-electron chi connectivity index (χ2n) is 4.95. The van der Waals surface area contributed by atoms with Crippen LogP contribution in [0.3, 0.4) is 0 Å². The molecular formula is C14H26Ge. The minimum atomic E-state index is -1.75. The summed E-state index contributed by atoms with van der Waals surface area (Å²) in [6.07, 6.45) is 5.10. The first-order valence-electron chi connectivity index (χ1n) is 6.49. The third kappa shape index (κ3) is 1.98. The Bertz CT molecular complexity index is 275. The summed E-state index contributed by atoms with van der Waals surface area (Å²) in [4.78, 5) is 0. The molecule has 0 aromatic rings. The van der Waals surface area contributed by atoms with Gasteiger partial charge in [-0.1, -0.05) is 0 Å². The molecule has 0 N–H and O–H groups in total. The standard InChI is InChI=1S/C14H26Ge/c1-7-11-12(8-2)14(10-4)15(5,6)13(11)9-3/h7-10H2,1-6H3. The van der Waals surface area contributed by atoms with Crippen LogP contribution < -0.4 is 0 Å². The second-order valence-corrected chi connectivity index (χ2v) is 14.3. The molecule has 0 aromatic carbocycles. The summed E-state index contributed by atoms with van der Waals surface area (Å²) in [6, 6.07) is 0. The van der Waals surface area contributed by atoms with E-state index in [2.05, 4.69) is 39.2 Å². The molecular weight excluding hydrogens is 241 g/mol. The van der Waals surface area contributed by atoms with Gasteiger partial charge in [0.1, 0.15) is 0 Å². The van der Waals surface area contributed by atoms with Gasteiger partial charge in [0.05, 0.1) is 0 Å². The predicted molar refractivity (Wildman–Crippen MR) is 72.7 cm³/mol. The third-order valence-corrected chi connectivity index (χ3v) is 13.1. The average Bonchev–Trinajstić information content (AvgIpc) is 2.43. The molecule has 86 valence electrons. The summed E-state index contributed by atoms with van der Waals surface area (Å²) < 4.78 is 3.76. The summed E-state index contributed by atoms with van der Waals surface area (Å²) in [5.74, 6) is 5.19. The predicted octanol–water partition coefficient (Wildman–Crippen LogP) is 5.02. The fraction of sp³-hybridized carbons (Fsp3) is 0.714. The zero-order valence-electron chi connectivity index (χ0n) is 11.3. The van der Waals surface area contributed by atoms with Crippen LogP contribution in [0.25, 0.3) is 0 Å². The van der Waals surface area contributed by atoms with E-state index >= 15 is 0 Å². The third-order valence-electron chi connectivity index (χ3n) is 4.02. The van der Waals surface area contributed by atoms with Crippen molar-refractivity contribution in [2.45, 2.75) is 64.9 Å². The molecule has 1 heteroatoms. The van der Waals surface area contributed by atoms with Gasteiger partial charge in [0.2, 0.25) is 0 Å². The Morgan fingerprint density at radius 2 is 1.00 bits per heavy atom. The average molecular weight is 267 g/mol. The van der Waals surface area contributed by atoms with Gasteiger partial charge < -0.3 is 0 Å². The van der Waals surface area contributed by atoms with E-state index in [0.29, 0.717) is 0 Å². The molecule has 1 heterocycles. The van der Waals surface area contributed by atoms with Gasteiger partial charge in [-0.05, 0) is 0 Å².